The van der Waals surface area contributed by atoms with E-state index in [1.165, 1.54) is 24.8 Å². The van der Waals surface area contributed by atoms with Crippen LogP contribution in [-0.4, -0.2) is 6.61 Å². The molecule has 2 rings (SSSR count). The van der Waals surface area contributed by atoms with Crippen LogP contribution in [-0.2, 0) is 0 Å². The first-order valence-corrected chi connectivity index (χ1v) is 6.65. The van der Waals surface area contributed by atoms with Gasteiger partial charge in [-0.1, -0.05) is 32.4 Å². The lowest BCUT2D eigenvalue weighted by atomic mass is 9.78. The van der Waals surface area contributed by atoms with Gasteiger partial charge in [0.05, 0.1) is 6.61 Å². The van der Waals surface area contributed by atoms with Gasteiger partial charge in [0, 0.05) is 6.04 Å². The summed E-state index contributed by atoms with van der Waals surface area (Å²) >= 11 is 0. The van der Waals surface area contributed by atoms with Crippen LogP contribution in [0.4, 0.5) is 0 Å². The first kappa shape index (κ1) is 12.4. The molecular weight excluding hydrogens is 210 g/mol. The summed E-state index contributed by atoms with van der Waals surface area (Å²) in [7, 11) is 0. The molecule has 1 fully saturated rings. The summed E-state index contributed by atoms with van der Waals surface area (Å²) < 4.78 is 5.66. The molecule has 2 heteroatoms. The zero-order valence-electron chi connectivity index (χ0n) is 10.9. The van der Waals surface area contributed by atoms with Crippen LogP contribution in [0.15, 0.2) is 24.3 Å². The number of rotatable bonds is 5. The molecule has 1 aromatic rings. The van der Waals surface area contributed by atoms with E-state index in [9.17, 15) is 0 Å². The van der Waals surface area contributed by atoms with Gasteiger partial charge in [0.2, 0.25) is 0 Å². The zero-order valence-corrected chi connectivity index (χ0v) is 10.9. The van der Waals surface area contributed by atoms with Crippen molar-refractivity contribution in [2.45, 2.75) is 39.2 Å². The van der Waals surface area contributed by atoms with E-state index >= 15 is 0 Å². The van der Waals surface area contributed by atoms with Crippen molar-refractivity contribution in [2.24, 2.45) is 17.6 Å². The van der Waals surface area contributed by atoms with Crippen LogP contribution in [0.5, 0.6) is 5.75 Å². The van der Waals surface area contributed by atoms with Crippen molar-refractivity contribution >= 4 is 0 Å². The highest BCUT2D eigenvalue weighted by atomic mass is 16.5. The van der Waals surface area contributed by atoms with Gasteiger partial charge in [-0.25, -0.2) is 0 Å². The Hall–Kier alpha value is -1.02. The summed E-state index contributed by atoms with van der Waals surface area (Å²) in [6.07, 6.45) is 3.91. The summed E-state index contributed by atoms with van der Waals surface area (Å²) in [6.45, 7) is 5.08. The third kappa shape index (κ3) is 3.22. The van der Waals surface area contributed by atoms with Gasteiger partial charge < -0.3 is 10.5 Å². The largest absolute Gasteiger partial charge is 0.493 e. The highest BCUT2D eigenvalue weighted by molar-refractivity contribution is 5.29. The van der Waals surface area contributed by atoms with Crippen LogP contribution >= 0.6 is 0 Å². The monoisotopic (exact) mass is 233 g/mol. The Morgan fingerprint density at radius 3 is 2.35 bits per heavy atom. The van der Waals surface area contributed by atoms with Crippen molar-refractivity contribution in [3.05, 3.63) is 29.8 Å². The lowest BCUT2D eigenvalue weighted by molar-refractivity contribution is 0.262. The normalized spacial score (nSPS) is 17.9. The second-order valence-corrected chi connectivity index (χ2v) is 5.49. The Kier molecular flexibility index (Phi) is 4.06. The van der Waals surface area contributed by atoms with E-state index in [0.717, 1.165) is 12.4 Å². The molecule has 1 aromatic carbocycles. The molecule has 0 aromatic heterocycles. The minimum absolute atomic E-state index is 0.211. The fourth-order valence-corrected chi connectivity index (χ4v) is 2.12. The lowest BCUT2D eigenvalue weighted by Crippen LogP contribution is -2.26. The molecule has 2 N–H and O–H groups in total. The highest BCUT2D eigenvalue weighted by Gasteiger charge is 2.25. The molecule has 1 aliphatic rings. The number of hydrogen-bond donors (Lipinski definition) is 1. The molecular formula is C15H23NO. The van der Waals surface area contributed by atoms with Gasteiger partial charge in [0.25, 0.3) is 0 Å². The van der Waals surface area contributed by atoms with E-state index in [0.29, 0.717) is 11.8 Å². The van der Waals surface area contributed by atoms with Crippen molar-refractivity contribution in [1.82, 2.24) is 0 Å². The number of ether oxygens (including phenoxy) is 1. The van der Waals surface area contributed by atoms with Crippen LogP contribution in [0.3, 0.4) is 0 Å². The Labute approximate surface area is 104 Å². The average Bonchev–Trinajstić information content (AvgIpc) is 2.24. The second kappa shape index (κ2) is 5.54. The minimum Gasteiger partial charge on any atom is -0.493 e. The van der Waals surface area contributed by atoms with Crippen molar-refractivity contribution in [3.8, 4) is 5.75 Å². The molecule has 0 aliphatic heterocycles. The predicted octanol–water partition coefficient (Wildman–Crippen LogP) is 3.52. The Bertz CT molecular complexity index is 340. The smallest absolute Gasteiger partial charge is 0.119 e. The Morgan fingerprint density at radius 1 is 1.24 bits per heavy atom. The average molecular weight is 233 g/mol. The van der Waals surface area contributed by atoms with E-state index in [2.05, 4.69) is 26.0 Å². The Morgan fingerprint density at radius 2 is 1.88 bits per heavy atom. The van der Waals surface area contributed by atoms with Crippen LogP contribution in [0.2, 0.25) is 0 Å². The standard InChI is InChI=1S/C15H23NO/c1-11(2)10-17-14-8-6-13(7-9-14)15(16)12-4-3-5-12/h6-9,11-12,15H,3-5,10,16H2,1-2H3. The van der Waals surface area contributed by atoms with Crippen molar-refractivity contribution in [3.63, 3.8) is 0 Å². The SMILES string of the molecule is CC(C)COc1ccc(C(N)C2CCC2)cc1. The Balaban J connectivity index is 1.92. The van der Waals surface area contributed by atoms with Crippen LogP contribution in [0.25, 0.3) is 0 Å². The van der Waals surface area contributed by atoms with E-state index in [-0.39, 0.29) is 6.04 Å². The third-order valence-electron chi connectivity index (χ3n) is 3.51. The summed E-state index contributed by atoms with van der Waals surface area (Å²) in [5.74, 6) is 2.20. The summed E-state index contributed by atoms with van der Waals surface area (Å²) in [5, 5.41) is 0. The molecule has 1 atom stereocenters. The van der Waals surface area contributed by atoms with Crippen molar-refractivity contribution < 1.29 is 4.74 Å². The molecule has 1 saturated carbocycles. The molecule has 0 spiro atoms. The maximum absolute atomic E-state index is 6.23. The first-order chi connectivity index (χ1) is 8.16. The highest BCUT2D eigenvalue weighted by Crippen LogP contribution is 2.36. The molecule has 0 radical (unpaired) electrons. The maximum atomic E-state index is 6.23. The molecule has 2 nitrogen and oxygen atoms in total. The van der Waals surface area contributed by atoms with E-state index in [4.69, 9.17) is 10.5 Å². The fraction of sp³-hybridized carbons (Fsp3) is 0.600. The third-order valence-corrected chi connectivity index (χ3v) is 3.51. The van der Waals surface area contributed by atoms with Crippen molar-refractivity contribution in [1.29, 1.82) is 0 Å². The van der Waals surface area contributed by atoms with E-state index in [1.807, 2.05) is 12.1 Å². The molecule has 94 valence electrons. The zero-order chi connectivity index (χ0) is 12.3. The van der Waals surface area contributed by atoms with Crippen LogP contribution < -0.4 is 10.5 Å². The van der Waals surface area contributed by atoms with Gasteiger partial charge in [0.1, 0.15) is 5.75 Å². The van der Waals surface area contributed by atoms with Gasteiger partial charge in [-0.05, 0) is 42.4 Å². The summed E-state index contributed by atoms with van der Waals surface area (Å²) in [4.78, 5) is 0. The summed E-state index contributed by atoms with van der Waals surface area (Å²) in [6, 6.07) is 8.51. The maximum Gasteiger partial charge on any atom is 0.119 e. The molecule has 0 saturated heterocycles. The number of nitrogens with two attached hydrogens (primary N) is 1. The van der Waals surface area contributed by atoms with Crippen LogP contribution in [0.1, 0.15) is 44.7 Å². The van der Waals surface area contributed by atoms with Crippen LogP contribution in [0, 0.1) is 11.8 Å². The fourth-order valence-electron chi connectivity index (χ4n) is 2.12. The minimum atomic E-state index is 0.211. The molecule has 17 heavy (non-hydrogen) atoms. The molecule has 1 aliphatic carbocycles. The van der Waals surface area contributed by atoms with E-state index in [1.54, 1.807) is 0 Å². The molecule has 1 unspecified atom stereocenters. The summed E-state index contributed by atoms with van der Waals surface area (Å²) in [5.41, 5.74) is 7.47. The molecule has 0 bridgehead atoms. The topological polar surface area (TPSA) is 35.2 Å². The number of hydrogen-bond acceptors (Lipinski definition) is 2. The second-order valence-electron chi connectivity index (χ2n) is 5.49. The molecule has 0 amide bonds. The molecule has 0 heterocycles. The van der Waals surface area contributed by atoms with Gasteiger partial charge in [-0.3, -0.25) is 0 Å². The van der Waals surface area contributed by atoms with Gasteiger partial charge >= 0.3 is 0 Å². The predicted molar refractivity (Wildman–Crippen MR) is 71.0 cm³/mol. The van der Waals surface area contributed by atoms with Gasteiger partial charge in [-0.2, -0.15) is 0 Å². The van der Waals surface area contributed by atoms with Gasteiger partial charge in [-0.15, -0.1) is 0 Å². The lowest BCUT2D eigenvalue weighted by Gasteiger charge is -2.31. The van der Waals surface area contributed by atoms with Crippen molar-refractivity contribution in [2.75, 3.05) is 6.61 Å². The quantitative estimate of drug-likeness (QED) is 0.844. The number of benzene rings is 1. The van der Waals surface area contributed by atoms with E-state index < -0.39 is 0 Å². The van der Waals surface area contributed by atoms with Gasteiger partial charge in [0.15, 0.2) is 0 Å². The first-order valence-electron chi connectivity index (χ1n) is 6.65.